The summed E-state index contributed by atoms with van der Waals surface area (Å²) in [5, 5.41) is 2.93. The maximum Gasteiger partial charge on any atom is 0.317 e. The van der Waals surface area contributed by atoms with Gasteiger partial charge in [0, 0.05) is 13.6 Å². The Morgan fingerprint density at radius 2 is 2.12 bits per heavy atom. The number of piperidine rings is 1. The number of likely N-dealkylation sites (tertiary alicyclic amines) is 1. The molecule has 0 radical (unpaired) electrons. The van der Waals surface area contributed by atoms with Gasteiger partial charge in [0.25, 0.3) is 0 Å². The van der Waals surface area contributed by atoms with Gasteiger partial charge in [0.1, 0.15) is 0 Å². The topological polar surface area (TPSA) is 44.8 Å². The largest absolute Gasteiger partial charge is 0.494 e. The number of nitrogens with one attached hydrogen (secondary N) is 1. The molecule has 0 unspecified atom stereocenters. The van der Waals surface area contributed by atoms with Crippen LogP contribution in [0.5, 0.6) is 5.75 Å². The molecule has 134 valence electrons. The zero-order valence-corrected chi connectivity index (χ0v) is 15.0. The monoisotopic (exact) mass is 337 g/mol. The van der Waals surface area contributed by atoms with E-state index in [-0.39, 0.29) is 17.8 Å². The van der Waals surface area contributed by atoms with Crippen LogP contribution in [0.4, 0.5) is 9.18 Å². The highest BCUT2D eigenvalue weighted by Crippen LogP contribution is 2.22. The number of ether oxygens (including phenoxy) is 1. The second-order valence-electron chi connectivity index (χ2n) is 6.69. The molecule has 1 aliphatic heterocycles. The predicted molar refractivity (Wildman–Crippen MR) is 92.7 cm³/mol. The molecule has 5 nitrogen and oxygen atoms in total. The van der Waals surface area contributed by atoms with E-state index in [1.165, 1.54) is 13.2 Å². The lowest BCUT2D eigenvalue weighted by Gasteiger charge is -2.32. The molecule has 1 aromatic rings. The molecule has 0 spiro atoms. The molecular formula is C18H28FN3O2. The molecule has 0 saturated carbocycles. The van der Waals surface area contributed by atoms with Crippen molar-refractivity contribution in [2.45, 2.75) is 25.8 Å². The predicted octanol–water partition coefficient (Wildman–Crippen LogP) is 2.88. The van der Waals surface area contributed by atoms with Crippen LogP contribution in [-0.2, 0) is 0 Å². The summed E-state index contributed by atoms with van der Waals surface area (Å²) < 4.78 is 18.7. The standard InChI is InChI=1S/C18H28FN3O2/c1-13(15-5-6-17(24-4)16(19)11-15)20-18(23)22(3)12-14-7-9-21(2)10-8-14/h5-6,11,13-14H,7-10,12H2,1-4H3,(H,20,23)/t13-/m0/s1. The molecule has 1 heterocycles. The Kier molecular flexibility index (Phi) is 6.43. The summed E-state index contributed by atoms with van der Waals surface area (Å²) in [4.78, 5) is 16.4. The Bertz CT molecular complexity index is 559. The van der Waals surface area contributed by atoms with E-state index in [0.29, 0.717) is 11.5 Å². The number of hydrogen-bond donors (Lipinski definition) is 1. The van der Waals surface area contributed by atoms with E-state index in [9.17, 15) is 9.18 Å². The molecule has 24 heavy (non-hydrogen) atoms. The lowest BCUT2D eigenvalue weighted by molar-refractivity contribution is 0.168. The second kappa shape index (κ2) is 8.33. The van der Waals surface area contributed by atoms with Gasteiger partial charge in [-0.15, -0.1) is 0 Å². The number of methoxy groups -OCH3 is 1. The van der Waals surface area contributed by atoms with E-state index in [0.717, 1.165) is 32.5 Å². The fourth-order valence-corrected chi connectivity index (χ4v) is 3.05. The number of urea groups is 1. The van der Waals surface area contributed by atoms with Crippen molar-refractivity contribution in [2.24, 2.45) is 5.92 Å². The molecule has 1 fully saturated rings. The van der Waals surface area contributed by atoms with Crippen LogP contribution < -0.4 is 10.1 Å². The summed E-state index contributed by atoms with van der Waals surface area (Å²) >= 11 is 0. The van der Waals surface area contributed by atoms with Crippen molar-refractivity contribution >= 4 is 6.03 Å². The summed E-state index contributed by atoms with van der Waals surface area (Å²) in [7, 11) is 5.37. The van der Waals surface area contributed by atoms with Crippen molar-refractivity contribution in [2.75, 3.05) is 40.8 Å². The Hall–Kier alpha value is -1.82. The zero-order valence-electron chi connectivity index (χ0n) is 15.0. The van der Waals surface area contributed by atoms with Gasteiger partial charge in [0.15, 0.2) is 11.6 Å². The van der Waals surface area contributed by atoms with Crippen LogP contribution >= 0.6 is 0 Å². The highest BCUT2D eigenvalue weighted by Gasteiger charge is 2.21. The Balaban J connectivity index is 1.87. The first-order valence-electron chi connectivity index (χ1n) is 8.44. The molecular weight excluding hydrogens is 309 g/mol. The van der Waals surface area contributed by atoms with E-state index in [1.54, 1.807) is 17.0 Å². The number of carbonyl (C=O) groups is 1. The SMILES string of the molecule is COc1ccc([C@H](C)NC(=O)N(C)CC2CCN(C)CC2)cc1F. The first-order chi connectivity index (χ1) is 11.4. The summed E-state index contributed by atoms with van der Waals surface area (Å²) in [6, 6.07) is 4.36. The van der Waals surface area contributed by atoms with Gasteiger partial charge in [-0.25, -0.2) is 9.18 Å². The third-order valence-electron chi connectivity index (χ3n) is 4.73. The fourth-order valence-electron chi connectivity index (χ4n) is 3.05. The second-order valence-corrected chi connectivity index (χ2v) is 6.69. The fraction of sp³-hybridized carbons (Fsp3) is 0.611. The molecule has 2 amide bonds. The number of rotatable bonds is 5. The lowest BCUT2D eigenvalue weighted by atomic mass is 9.97. The average molecular weight is 337 g/mol. The third kappa shape index (κ3) is 4.84. The number of carbonyl (C=O) groups excluding carboxylic acids is 1. The lowest BCUT2D eigenvalue weighted by Crippen LogP contribution is -2.43. The Morgan fingerprint density at radius 3 is 2.71 bits per heavy atom. The van der Waals surface area contributed by atoms with E-state index in [1.807, 2.05) is 14.0 Å². The van der Waals surface area contributed by atoms with E-state index in [2.05, 4.69) is 17.3 Å². The maximum absolute atomic E-state index is 13.8. The van der Waals surface area contributed by atoms with Crippen molar-refractivity contribution in [3.8, 4) is 5.75 Å². The average Bonchev–Trinajstić information content (AvgIpc) is 2.56. The van der Waals surface area contributed by atoms with Crippen LogP contribution in [0.15, 0.2) is 18.2 Å². The van der Waals surface area contributed by atoms with Crippen LogP contribution in [0.3, 0.4) is 0 Å². The molecule has 6 heteroatoms. The van der Waals surface area contributed by atoms with E-state index < -0.39 is 5.82 Å². The van der Waals surface area contributed by atoms with Gasteiger partial charge in [0.2, 0.25) is 0 Å². The van der Waals surface area contributed by atoms with Crippen molar-refractivity contribution in [3.05, 3.63) is 29.6 Å². The summed E-state index contributed by atoms with van der Waals surface area (Å²) in [6.45, 7) is 4.77. The Labute approximate surface area is 143 Å². The summed E-state index contributed by atoms with van der Waals surface area (Å²) in [5.74, 6) is 0.332. The molecule has 1 saturated heterocycles. The number of hydrogen-bond acceptors (Lipinski definition) is 3. The van der Waals surface area contributed by atoms with E-state index >= 15 is 0 Å². The molecule has 1 atom stereocenters. The number of nitrogens with zero attached hydrogens (tertiary/aromatic N) is 2. The first-order valence-corrected chi connectivity index (χ1v) is 8.44. The summed E-state index contributed by atoms with van der Waals surface area (Å²) in [6.07, 6.45) is 2.24. The van der Waals surface area contributed by atoms with Crippen LogP contribution in [0.2, 0.25) is 0 Å². The minimum atomic E-state index is -0.421. The third-order valence-corrected chi connectivity index (χ3v) is 4.73. The maximum atomic E-state index is 13.8. The Morgan fingerprint density at radius 1 is 1.46 bits per heavy atom. The zero-order chi connectivity index (χ0) is 17.7. The highest BCUT2D eigenvalue weighted by atomic mass is 19.1. The van der Waals surface area contributed by atoms with Gasteiger partial charge < -0.3 is 19.9 Å². The van der Waals surface area contributed by atoms with Crippen LogP contribution in [0.25, 0.3) is 0 Å². The van der Waals surface area contributed by atoms with Crippen LogP contribution in [-0.4, -0.2) is 56.7 Å². The van der Waals surface area contributed by atoms with E-state index in [4.69, 9.17) is 4.74 Å². The minimum Gasteiger partial charge on any atom is -0.494 e. The van der Waals surface area contributed by atoms with Crippen LogP contribution in [0.1, 0.15) is 31.4 Å². The van der Waals surface area contributed by atoms with Crippen molar-refractivity contribution in [3.63, 3.8) is 0 Å². The number of halogens is 1. The number of amides is 2. The van der Waals surface area contributed by atoms with Crippen LogP contribution in [0, 0.1) is 11.7 Å². The van der Waals surface area contributed by atoms with Crippen molar-refractivity contribution in [1.29, 1.82) is 0 Å². The highest BCUT2D eigenvalue weighted by molar-refractivity contribution is 5.74. The van der Waals surface area contributed by atoms with Crippen molar-refractivity contribution < 1.29 is 13.9 Å². The molecule has 2 rings (SSSR count). The van der Waals surface area contributed by atoms with Gasteiger partial charge in [0.05, 0.1) is 13.2 Å². The molecule has 0 aliphatic carbocycles. The smallest absolute Gasteiger partial charge is 0.317 e. The van der Waals surface area contributed by atoms with Gasteiger partial charge in [-0.1, -0.05) is 6.07 Å². The van der Waals surface area contributed by atoms with Gasteiger partial charge in [-0.2, -0.15) is 0 Å². The van der Waals surface area contributed by atoms with Gasteiger partial charge in [-0.3, -0.25) is 0 Å². The first kappa shape index (κ1) is 18.5. The van der Waals surface area contributed by atoms with Crippen molar-refractivity contribution in [1.82, 2.24) is 15.1 Å². The van der Waals surface area contributed by atoms with Gasteiger partial charge in [-0.05, 0) is 63.5 Å². The molecule has 0 aromatic heterocycles. The summed E-state index contributed by atoms with van der Waals surface area (Å²) in [5.41, 5.74) is 0.717. The molecule has 1 aliphatic rings. The molecule has 1 N–H and O–H groups in total. The molecule has 1 aromatic carbocycles. The normalized spacial score (nSPS) is 17.4. The number of benzene rings is 1. The quantitative estimate of drug-likeness (QED) is 0.898. The molecule has 0 bridgehead atoms. The minimum absolute atomic E-state index is 0.127. The van der Waals surface area contributed by atoms with Gasteiger partial charge >= 0.3 is 6.03 Å².